The number of amides is 1. The Labute approximate surface area is 167 Å². The summed E-state index contributed by atoms with van der Waals surface area (Å²) < 4.78 is 5.94. The lowest BCUT2D eigenvalue weighted by Crippen LogP contribution is -2.35. The van der Waals surface area contributed by atoms with Gasteiger partial charge in [-0.3, -0.25) is 9.89 Å². The maximum atomic E-state index is 12.9. The van der Waals surface area contributed by atoms with Gasteiger partial charge >= 0.3 is 0 Å². The molecule has 0 spiro atoms. The van der Waals surface area contributed by atoms with Crippen LogP contribution in [0, 0.1) is 0 Å². The maximum Gasteiger partial charge on any atom is 0.254 e. The third-order valence-electron chi connectivity index (χ3n) is 5.08. The molecule has 1 amide bonds. The van der Waals surface area contributed by atoms with Crippen molar-refractivity contribution in [2.45, 2.75) is 19.4 Å². The number of H-pyrrole nitrogens is 1. The van der Waals surface area contributed by atoms with Gasteiger partial charge in [-0.05, 0) is 17.7 Å². The van der Waals surface area contributed by atoms with E-state index in [9.17, 15) is 4.79 Å². The van der Waals surface area contributed by atoms with Crippen LogP contribution in [0.3, 0.4) is 0 Å². The largest absolute Gasteiger partial charge is 0.445 e. The van der Waals surface area contributed by atoms with Crippen LogP contribution in [0.4, 0.5) is 0 Å². The van der Waals surface area contributed by atoms with E-state index in [0.717, 1.165) is 22.6 Å². The summed E-state index contributed by atoms with van der Waals surface area (Å²) in [6.45, 7) is 1.09. The van der Waals surface area contributed by atoms with E-state index in [-0.39, 0.29) is 5.91 Å². The topological polar surface area (TPSA) is 87.9 Å². The van der Waals surface area contributed by atoms with E-state index in [1.807, 2.05) is 47.4 Å². The average molecular weight is 385 g/mol. The zero-order valence-corrected chi connectivity index (χ0v) is 15.7. The summed E-state index contributed by atoms with van der Waals surface area (Å²) >= 11 is 0. The molecule has 7 heteroatoms. The molecule has 0 fully saturated rings. The van der Waals surface area contributed by atoms with Gasteiger partial charge in [-0.2, -0.15) is 5.10 Å². The van der Waals surface area contributed by atoms with Gasteiger partial charge in [0.25, 0.3) is 5.91 Å². The first-order valence-electron chi connectivity index (χ1n) is 9.53. The number of carbonyl (C=O) groups is 1. The van der Waals surface area contributed by atoms with Crippen molar-refractivity contribution >= 4 is 5.91 Å². The van der Waals surface area contributed by atoms with E-state index in [4.69, 9.17) is 4.42 Å². The Morgan fingerprint density at radius 2 is 1.93 bits per heavy atom. The van der Waals surface area contributed by atoms with Gasteiger partial charge in [0.2, 0.25) is 0 Å². The molecule has 0 bridgehead atoms. The second kappa shape index (κ2) is 7.35. The molecule has 2 aromatic heterocycles. The maximum absolute atomic E-state index is 12.9. The standard InChI is InChI=1S/C22H19N5O2/c28-22(17-8-6-16(7-9-17)21-23-14-24-26-21)27-11-10-19-18(13-27)25-20(29-19)12-15-4-2-1-3-5-15/h1-9,14H,10-13H2,(H,23,24,26). The summed E-state index contributed by atoms with van der Waals surface area (Å²) in [5.74, 6) is 2.26. The predicted octanol–water partition coefficient (Wildman–Crippen LogP) is 3.25. The van der Waals surface area contributed by atoms with Gasteiger partial charge in [0, 0.05) is 30.5 Å². The summed E-state index contributed by atoms with van der Waals surface area (Å²) in [6, 6.07) is 17.5. The van der Waals surface area contributed by atoms with Gasteiger partial charge < -0.3 is 9.32 Å². The molecule has 0 saturated heterocycles. The van der Waals surface area contributed by atoms with Gasteiger partial charge in [-0.15, -0.1) is 0 Å². The van der Waals surface area contributed by atoms with Crippen LogP contribution in [0.5, 0.6) is 0 Å². The number of hydrogen-bond donors (Lipinski definition) is 1. The quantitative estimate of drug-likeness (QED) is 0.583. The molecule has 144 valence electrons. The van der Waals surface area contributed by atoms with Crippen molar-refractivity contribution in [3.8, 4) is 11.4 Å². The number of nitrogens with one attached hydrogen (secondary N) is 1. The van der Waals surface area contributed by atoms with Crippen LogP contribution >= 0.6 is 0 Å². The van der Waals surface area contributed by atoms with E-state index >= 15 is 0 Å². The first-order chi connectivity index (χ1) is 14.3. The Balaban J connectivity index is 1.29. The van der Waals surface area contributed by atoms with Gasteiger partial charge in [0.1, 0.15) is 17.8 Å². The zero-order chi connectivity index (χ0) is 19.6. The van der Waals surface area contributed by atoms with Crippen LogP contribution in [0.25, 0.3) is 11.4 Å². The highest BCUT2D eigenvalue weighted by Gasteiger charge is 2.26. The third kappa shape index (κ3) is 3.54. The number of rotatable bonds is 4. The highest BCUT2D eigenvalue weighted by atomic mass is 16.4. The molecule has 1 aliphatic heterocycles. The number of aromatic nitrogens is 4. The lowest BCUT2D eigenvalue weighted by molar-refractivity contribution is 0.0728. The minimum atomic E-state index is -0.00706. The molecule has 0 unspecified atom stereocenters. The van der Waals surface area contributed by atoms with E-state index < -0.39 is 0 Å². The molecule has 2 aromatic carbocycles. The first kappa shape index (κ1) is 17.4. The zero-order valence-electron chi connectivity index (χ0n) is 15.7. The minimum absolute atomic E-state index is 0.00706. The number of nitrogens with zero attached hydrogens (tertiary/aromatic N) is 4. The van der Waals surface area contributed by atoms with Crippen molar-refractivity contribution in [1.29, 1.82) is 0 Å². The SMILES string of the molecule is O=C(c1ccc(-c2ncn[nH]2)cc1)N1CCc2oc(Cc3ccccc3)nc2C1. The van der Waals surface area contributed by atoms with Crippen LogP contribution in [-0.2, 0) is 19.4 Å². The van der Waals surface area contributed by atoms with Gasteiger partial charge in [-0.25, -0.2) is 9.97 Å². The van der Waals surface area contributed by atoms with Gasteiger partial charge in [-0.1, -0.05) is 42.5 Å². The van der Waals surface area contributed by atoms with Crippen LogP contribution in [-0.4, -0.2) is 37.5 Å². The molecule has 0 aliphatic carbocycles. The van der Waals surface area contributed by atoms with Gasteiger partial charge in [0.15, 0.2) is 11.7 Å². The van der Waals surface area contributed by atoms with Crippen molar-refractivity contribution < 1.29 is 9.21 Å². The van der Waals surface area contributed by atoms with Crippen molar-refractivity contribution in [3.05, 3.63) is 89.4 Å². The number of fused-ring (bicyclic) bond motifs is 1. The van der Waals surface area contributed by atoms with Crippen molar-refractivity contribution in [3.63, 3.8) is 0 Å². The summed E-state index contributed by atoms with van der Waals surface area (Å²) in [5.41, 5.74) is 3.55. The Hall–Kier alpha value is -3.74. The van der Waals surface area contributed by atoms with E-state index in [0.29, 0.717) is 43.2 Å². The predicted molar refractivity (Wildman–Crippen MR) is 106 cm³/mol. The fourth-order valence-corrected chi connectivity index (χ4v) is 3.57. The molecule has 0 radical (unpaired) electrons. The molecule has 5 rings (SSSR count). The Morgan fingerprint density at radius 3 is 2.69 bits per heavy atom. The Bertz CT molecular complexity index is 1120. The number of aromatic amines is 1. The molecule has 0 saturated carbocycles. The first-order valence-corrected chi connectivity index (χ1v) is 9.53. The van der Waals surface area contributed by atoms with Crippen LogP contribution in [0.2, 0.25) is 0 Å². The average Bonchev–Trinajstić information content (AvgIpc) is 3.43. The van der Waals surface area contributed by atoms with E-state index in [1.165, 1.54) is 6.33 Å². The second-order valence-electron chi connectivity index (χ2n) is 7.03. The highest BCUT2D eigenvalue weighted by molar-refractivity contribution is 5.94. The van der Waals surface area contributed by atoms with Crippen LogP contribution in [0.15, 0.2) is 65.3 Å². The van der Waals surface area contributed by atoms with Crippen molar-refractivity contribution in [2.24, 2.45) is 0 Å². The summed E-state index contributed by atoms with van der Waals surface area (Å²) in [7, 11) is 0. The number of hydrogen-bond acceptors (Lipinski definition) is 5. The summed E-state index contributed by atoms with van der Waals surface area (Å²) in [4.78, 5) is 23.5. The van der Waals surface area contributed by atoms with Crippen molar-refractivity contribution in [1.82, 2.24) is 25.1 Å². The molecule has 7 nitrogen and oxygen atoms in total. The lowest BCUT2D eigenvalue weighted by atomic mass is 10.1. The molecular weight excluding hydrogens is 366 g/mol. The van der Waals surface area contributed by atoms with Gasteiger partial charge in [0.05, 0.1) is 6.54 Å². The highest BCUT2D eigenvalue weighted by Crippen LogP contribution is 2.23. The normalized spacial score (nSPS) is 13.3. The second-order valence-corrected chi connectivity index (χ2v) is 7.03. The monoisotopic (exact) mass is 385 g/mol. The minimum Gasteiger partial charge on any atom is -0.445 e. The number of benzene rings is 2. The van der Waals surface area contributed by atoms with E-state index in [1.54, 1.807) is 0 Å². The number of carbonyl (C=O) groups excluding carboxylic acids is 1. The fraction of sp³-hybridized carbons (Fsp3) is 0.182. The lowest BCUT2D eigenvalue weighted by Gasteiger charge is -2.25. The fourth-order valence-electron chi connectivity index (χ4n) is 3.57. The molecule has 0 atom stereocenters. The smallest absolute Gasteiger partial charge is 0.254 e. The third-order valence-corrected chi connectivity index (χ3v) is 5.08. The summed E-state index contributed by atoms with van der Waals surface area (Å²) in [6.07, 6.45) is 2.80. The molecular formula is C22H19N5O2. The summed E-state index contributed by atoms with van der Waals surface area (Å²) in [5, 5.41) is 6.67. The van der Waals surface area contributed by atoms with Crippen LogP contribution < -0.4 is 0 Å². The molecule has 3 heterocycles. The molecule has 1 aliphatic rings. The Kier molecular flexibility index (Phi) is 4.40. The molecule has 29 heavy (non-hydrogen) atoms. The van der Waals surface area contributed by atoms with E-state index in [2.05, 4.69) is 32.3 Å². The van der Waals surface area contributed by atoms with Crippen LogP contribution in [0.1, 0.15) is 33.3 Å². The Morgan fingerprint density at radius 1 is 1.10 bits per heavy atom. The number of oxazole rings is 1. The van der Waals surface area contributed by atoms with Crippen molar-refractivity contribution in [2.75, 3.05) is 6.54 Å². The molecule has 4 aromatic rings. The molecule has 1 N–H and O–H groups in total.